The molecule has 0 radical (unpaired) electrons. The minimum Gasteiger partial charge on any atom is -0.278 e. The van der Waals surface area contributed by atoms with Crippen molar-refractivity contribution in [1.29, 1.82) is 0 Å². The number of hydrazone groups is 1. The zero-order valence-electron chi connectivity index (χ0n) is 16.4. The van der Waals surface area contributed by atoms with E-state index in [9.17, 15) is 20.2 Å². The van der Waals surface area contributed by atoms with E-state index in [2.05, 4.69) is 15.5 Å². The number of non-ortho nitro benzene ring substituents is 1. The zero-order valence-corrected chi connectivity index (χ0v) is 17.2. The first-order valence-corrected chi connectivity index (χ1v) is 10.2. The summed E-state index contributed by atoms with van der Waals surface area (Å²) in [7, 11) is 0. The van der Waals surface area contributed by atoms with Crippen LogP contribution in [0.3, 0.4) is 0 Å². The van der Waals surface area contributed by atoms with Gasteiger partial charge in [-0.2, -0.15) is 5.10 Å². The number of hydrogen-bond acceptors (Lipinski definition) is 8. The fourth-order valence-corrected chi connectivity index (χ4v) is 3.98. The van der Waals surface area contributed by atoms with Crippen molar-refractivity contribution in [3.05, 3.63) is 105 Å². The van der Waals surface area contributed by atoms with Crippen LogP contribution in [0, 0.1) is 20.2 Å². The molecule has 158 valence electrons. The molecule has 0 spiro atoms. The maximum atomic E-state index is 11.7. The maximum Gasteiger partial charge on any atom is 0.283 e. The molecule has 10 heteroatoms. The Bertz CT molecular complexity index is 1340. The fourth-order valence-electron chi connectivity index (χ4n) is 2.96. The Morgan fingerprint density at radius 2 is 1.69 bits per heavy atom. The van der Waals surface area contributed by atoms with Crippen LogP contribution in [0.4, 0.5) is 17.1 Å². The normalized spacial score (nSPS) is 11.0. The number of fused-ring (bicyclic) bond motifs is 1. The molecule has 0 saturated carbocycles. The van der Waals surface area contributed by atoms with Gasteiger partial charge in [-0.05, 0) is 30.3 Å². The van der Waals surface area contributed by atoms with Crippen molar-refractivity contribution in [3.8, 4) is 0 Å². The van der Waals surface area contributed by atoms with Gasteiger partial charge in [0.25, 0.3) is 11.4 Å². The number of nitrogens with zero attached hydrogens (tertiary/aromatic N) is 4. The van der Waals surface area contributed by atoms with Crippen molar-refractivity contribution >= 4 is 45.9 Å². The molecule has 0 saturated heterocycles. The Hall–Kier alpha value is -4.31. The topological polar surface area (TPSA) is 124 Å². The number of pyridine rings is 1. The lowest BCUT2D eigenvalue weighted by Crippen LogP contribution is -1.95. The van der Waals surface area contributed by atoms with Crippen LogP contribution in [-0.4, -0.2) is 21.0 Å². The third-order valence-electron chi connectivity index (χ3n) is 4.48. The van der Waals surface area contributed by atoms with Crippen LogP contribution in [0.1, 0.15) is 5.56 Å². The second-order valence-electron chi connectivity index (χ2n) is 6.59. The molecule has 4 rings (SSSR count). The van der Waals surface area contributed by atoms with E-state index in [1.54, 1.807) is 18.3 Å². The number of hydrogen-bond donors (Lipinski definition) is 1. The zero-order chi connectivity index (χ0) is 22.5. The SMILES string of the molecule is O=[N+]([O-])c1ccc(NN=Cc2ccc(Sc3cccc4cccnc34)c([N+](=O)[O-])c2)cc1. The number of nitro groups is 2. The van der Waals surface area contributed by atoms with Crippen LogP contribution >= 0.6 is 11.8 Å². The number of nitrogens with one attached hydrogen (secondary N) is 1. The Morgan fingerprint density at radius 1 is 0.906 bits per heavy atom. The van der Waals surface area contributed by atoms with E-state index in [-0.39, 0.29) is 11.4 Å². The smallest absolute Gasteiger partial charge is 0.278 e. The van der Waals surface area contributed by atoms with E-state index in [0.717, 1.165) is 15.8 Å². The average Bonchev–Trinajstić information content (AvgIpc) is 2.80. The molecule has 0 atom stereocenters. The molecular formula is C22H15N5O4S. The highest BCUT2D eigenvalue weighted by Gasteiger charge is 2.17. The molecule has 1 aromatic heterocycles. The third kappa shape index (κ3) is 4.71. The molecule has 1 N–H and O–H groups in total. The van der Waals surface area contributed by atoms with E-state index >= 15 is 0 Å². The molecule has 0 bridgehead atoms. The summed E-state index contributed by atoms with van der Waals surface area (Å²) in [6.45, 7) is 0. The number of para-hydroxylation sites is 1. The Balaban J connectivity index is 1.54. The van der Waals surface area contributed by atoms with Crippen LogP contribution < -0.4 is 5.43 Å². The number of rotatable bonds is 7. The molecule has 32 heavy (non-hydrogen) atoms. The third-order valence-corrected chi connectivity index (χ3v) is 5.60. The minimum absolute atomic E-state index is 0.0235. The van der Waals surface area contributed by atoms with Crippen LogP contribution in [0.25, 0.3) is 10.9 Å². The quantitative estimate of drug-likeness (QED) is 0.221. The van der Waals surface area contributed by atoms with Gasteiger partial charge in [0.1, 0.15) is 0 Å². The Morgan fingerprint density at radius 3 is 2.44 bits per heavy atom. The highest BCUT2D eigenvalue weighted by molar-refractivity contribution is 7.99. The predicted molar refractivity (Wildman–Crippen MR) is 123 cm³/mol. The lowest BCUT2D eigenvalue weighted by atomic mass is 10.2. The van der Waals surface area contributed by atoms with Crippen LogP contribution in [0.2, 0.25) is 0 Å². The largest absolute Gasteiger partial charge is 0.283 e. The first kappa shape index (κ1) is 20.9. The van der Waals surface area contributed by atoms with Gasteiger partial charge in [0.15, 0.2) is 0 Å². The summed E-state index contributed by atoms with van der Waals surface area (Å²) in [4.78, 5) is 27.2. The number of benzene rings is 3. The predicted octanol–water partition coefficient (Wildman–Crippen LogP) is 5.65. The summed E-state index contributed by atoms with van der Waals surface area (Å²) >= 11 is 1.29. The molecule has 0 fully saturated rings. The van der Waals surface area contributed by atoms with Crippen molar-refractivity contribution in [2.75, 3.05) is 5.43 Å². The van der Waals surface area contributed by atoms with E-state index in [1.165, 1.54) is 48.3 Å². The van der Waals surface area contributed by atoms with Crippen molar-refractivity contribution in [1.82, 2.24) is 4.98 Å². The van der Waals surface area contributed by atoms with E-state index in [4.69, 9.17) is 0 Å². The Kier molecular flexibility index (Phi) is 6.04. The molecule has 9 nitrogen and oxygen atoms in total. The van der Waals surface area contributed by atoms with Gasteiger partial charge in [-0.3, -0.25) is 30.6 Å². The lowest BCUT2D eigenvalue weighted by molar-refractivity contribution is -0.387. The van der Waals surface area contributed by atoms with Gasteiger partial charge in [-0.25, -0.2) is 0 Å². The summed E-state index contributed by atoms with van der Waals surface area (Å²) < 4.78 is 0. The van der Waals surface area contributed by atoms with Gasteiger partial charge >= 0.3 is 0 Å². The summed E-state index contributed by atoms with van der Waals surface area (Å²) in [5.41, 5.74) is 4.55. The van der Waals surface area contributed by atoms with Gasteiger partial charge in [-0.1, -0.05) is 36.0 Å². The maximum absolute atomic E-state index is 11.7. The first-order chi connectivity index (χ1) is 15.5. The van der Waals surface area contributed by atoms with E-state index < -0.39 is 9.85 Å². The van der Waals surface area contributed by atoms with Crippen LogP contribution in [-0.2, 0) is 0 Å². The van der Waals surface area contributed by atoms with Gasteiger partial charge in [-0.15, -0.1) is 0 Å². The number of nitro benzene ring substituents is 2. The first-order valence-electron chi connectivity index (χ1n) is 9.35. The number of aromatic nitrogens is 1. The molecule has 4 aromatic rings. The van der Waals surface area contributed by atoms with Gasteiger partial charge in [0.2, 0.25) is 0 Å². The summed E-state index contributed by atoms with van der Waals surface area (Å²) in [6.07, 6.45) is 3.14. The van der Waals surface area contributed by atoms with Gasteiger partial charge in [0, 0.05) is 40.2 Å². The summed E-state index contributed by atoms with van der Waals surface area (Å²) in [6, 6.07) is 20.1. The molecule has 3 aromatic carbocycles. The van der Waals surface area contributed by atoms with Gasteiger partial charge in [0.05, 0.1) is 32.2 Å². The molecule has 0 aliphatic carbocycles. The van der Waals surface area contributed by atoms with Crippen molar-refractivity contribution in [2.45, 2.75) is 9.79 Å². The van der Waals surface area contributed by atoms with Crippen molar-refractivity contribution in [2.24, 2.45) is 5.10 Å². The molecule has 0 aliphatic rings. The average molecular weight is 445 g/mol. The molecule has 0 amide bonds. The molecular weight excluding hydrogens is 430 g/mol. The van der Waals surface area contributed by atoms with E-state index in [0.29, 0.717) is 16.1 Å². The number of anilines is 1. The fraction of sp³-hybridized carbons (Fsp3) is 0. The molecule has 1 heterocycles. The monoisotopic (exact) mass is 445 g/mol. The highest BCUT2D eigenvalue weighted by atomic mass is 32.2. The highest BCUT2D eigenvalue weighted by Crippen LogP contribution is 2.37. The lowest BCUT2D eigenvalue weighted by Gasteiger charge is -2.07. The second-order valence-corrected chi connectivity index (χ2v) is 7.68. The Labute approximate surface area is 186 Å². The summed E-state index contributed by atoms with van der Waals surface area (Å²) in [5.74, 6) is 0. The molecule has 0 unspecified atom stereocenters. The van der Waals surface area contributed by atoms with Gasteiger partial charge < -0.3 is 0 Å². The van der Waals surface area contributed by atoms with Crippen molar-refractivity contribution < 1.29 is 9.85 Å². The van der Waals surface area contributed by atoms with Crippen LogP contribution in [0.15, 0.2) is 93.9 Å². The second kappa shape index (κ2) is 9.23. The summed E-state index contributed by atoms with van der Waals surface area (Å²) in [5, 5.41) is 27.4. The van der Waals surface area contributed by atoms with Crippen molar-refractivity contribution in [3.63, 3.8) is 0 Å². The standard InChI is InChI=1S/C22H15N5O4S/c28-26(29)18-9-7-17(8-10-18)25-24-14-15-6-11-20(19(13-15)27(30)31)32-21-5-1-3-16-4-2-12-23-22(16)21/h1-14,25H. The van der Waals surface area contributed by atoms with Crippen LogP contribution in [0.5, 0.6) is 0 Å². The minimum atomic E-state index is -0.486. The molecule has 0 aliphatic heterocycles. The van der Waals surface area contributed by atoms with E-state index in [1.807, 2.05) is 30.3 Å².